The van der Waals surface area contributed by atoms with Gasteiger partial charge < -0.3 is 9.57 Å². The third kappa shape index (κ3) is 3.41. The van der Waals surface area contributed by atoms with Gasteiger partial charge in [-0.2, -0.15) is 0 Å². The number of hydrogen-bond donors (Lipinski definition) is 0. The maximum absolute atomic E-state index is 12.1. The van der Waals surface area contributed by atoms with Crippen LogP contribution in [0.15, 0.2) is 30.3 Å². The molecule has 0 fully saturated rings. The number of alkyl halides is 1. The first-order valence-corrected chi connectivity index (χ1v) is 7.79. The normalized spacial score (nSPS) is 21.2. The van der Waals surface area contributed by atoms with E-state index in [0.717, 1.165) is 0 Å². The van der Waals surface area contributed by atoms with E-state index >= 15 is 0 Å². The van der Waals surface area contributed by atoms with Crippen molar-refractivity contribution in [3.63, 3.8) is 0 Å². The van der Waals surface area contributed by atoms with Crippen molar-refractivity contribution in [2.45, 2.75) is 32.0 Å². The second-order valence-corrected chi connectivity index (χ2v) is 5.96. The minimum atomic E-state index is -0.654. The van der Waals surface area contributed by atoms with E-state index in [9.17, 15) is 10.0 Å². The Hall–Kier alpha value is -1.31. The summed E-state index contributed by atoms with van der Waals surface area (Å²) in [5.74, 6) is -0.427. The molecule has 0 aromatic heterocycles. The lowest BCUT2D eigenvalue weighted by Crippen LogP contribution is -2.48. The van der Waals surface area contributed by atoms with Crippen molar-refractivity contribution in [2.24, 2.45) is 0 Å². The van der Waals surface area contributed by atoms with Gasteiger partial charge in [-0.1, -0.05) is 40.8 Å². The molecule has 2 rings (SSSR count). The molecule has 0 amide bonds. The Labute approximate surface area is 131 Å². The molecular weight excluding hydrogens is 373 g/mol. The Morgan fingerprint density at radius 3 is 2.75 bits per heavy atom. The molecule has 0 unspecified atom stereocenters. The molecule has 1 heterocycles. The molecule has 6 heteroatoms. The molecule has 1 aliphatic rings. The molecule has 0 saturated heterocycles. The minimum Gasteiger partial charge on any atom is -0.447 e. The molecule has 1 atom stereocenters. The summed E-state index contributed by atoms with van der Waals surface area (Å²) in [5.41, 5.74) is 0.245. The third-order valence-corrected chi connectivity index (χ3v) is 3.79. The second-order valence-electron chi connectivity index (χ2n) is 5.20. The van der Waals surface area contributed by atoms with Gasteiger partial charge >= 0.3 is 5.97 Å². The average molecular weight is 389 g/mol. The maximum Gasteiger partial charge on any atom is 0.338 e. The smallest absolute Gasteiger partial charge is 0.338 e. The van der Waals surface area contributed by atoms with Crippen LogP contribution in [0.3, 0.4) is 0 Å². The number of hydrogen-bond acceptors (Lipinski definition) is 4. The highest BCUT2D eigenvalue weighted by atomic mass is 127. The molecule has 0 saturated carbocycles. The van der Waals surface area contributed by atoms with Crippen LogP contribution in [0, 0.1) is 5.21 Å². The van der Waals surface area contributed by atoms with E-state index in [1.54, 1.807) is 38.1 Å². The number of esters is 1. The van der Waals surface area contributed by atoms with Crippen LogP contribution >= 0.6 is 22.6 Å². The standard InChI is InChI=1S/C14H16INO4/c1-14(2)8-12(11(9-15)16(18)20-14)19-13(17)10-6-4-3-5-7-10/h3-7,12H,8-9H2,1-2H3/t12-/m0/s1. The zero-order valence-electron chi connectivity index (χ0n) is 11.3. The Kier molecular flexibility index (Phi) is 4.52. The van der Waals surface area contributed by atoms with Gasteiger partial charge in [-0.05, 0) is 26.0 Å². The fourth-order valence-corrected chi connectivity index (χ4v) is 2.79. The van der Waals surface area contributed by atoms with E-state index < -0.39 is 17.7 Å². The first-order chi connectivity index (χ1) is 9.43. The van der Waals surface area contributed by atoms with E-state index in [1.807, 2.05) is 6.07 Å². The number of carbonyl (C=O) groups is 1. The topological polar surface area (TPSA) is 61.6 Å². The lowest BCUT2D eigenvalue weighted by atomic mass is 9.97. The molecule has 0 spiro atoms. The number of carbonyl (C=O) groups excluding carboxylic acids is 1. The van der Waals surface area contributed by atoms with Gasteiger partial charge in [0.05, 0.1) is 15.6 Å². The van der Waals surface area contributed by atoms with Crippen molar-refractivity contribution in [2.75, 3.05) is 4.43 Å². The summed E-state index contributed by atoms with van der Waals surface area (Å²) in [4.78, 5) is 17.8. The van der Waals surface area contributed by atoms with Crippen LogP contribution in [0.25, 0.3) is 0 Å². The summed E-state index contributed by atoms with van der Waals surface area (Å²) in [6.07, 6.45) is -0.0938. The van der Waals surface area contributed by atoms with Crippen LogP contribution in [0.5, 0.6) is 0 Å². The Balaban J connectivity index is 2.19. The van der Waals surface area contributed by atoms with E-state index in [2.05, 4.69) is 22.6 Å². The van der Waals surface area contributed by atoms with Crippen LogP contribution in [0.1, 0.15) is 30.6 Å². The fraction of sp³-hybridized carbons (Fsp3) is 0.429. The summed E-state index contributed by atoms with van der Waals surface area (Å²) in [6.45, 7) is 3.59. The van der Waals surface area contributed by atoms with E-state index in [-0.39, 0.29) is 0 Å². The van der Waals surface area contributed by atoms with Gasteiger partial charge in [-0.15, -0.1) is 0 Å². The summed E-state index contributed by atoms with van der Waals surface area (Å²) in [5, 5.41) is 11.8. The summed E-state index contributed by atoms with van der Waals surface area (Å²) >= 11 is 2.06. The summed E-state index contributed by atoms with van der Waals surface area (Å²) < 4.78 is 5.93. The molecular formula is C14H16INO4. The first-order valence-electron chi connectivity index (χ1n) is 6.27. The van der Waals surface area contributed by atoms with E-state index in [4.69, 9.17) is 9.57 Å². The molecule has 5 nitrogen and oxygen atoms in total. The van der Waals surface area contributed by atoms with Gasteiger partial charge in [0.2, 0.25) is 0 Å². The largest absolute Gasteiger partial charge is 0.447 e. The van der Waals surface area contributed by atoms with Crippen molar-refractivity contribution in [1.82, 2.24) is 0 Å². The Bertz CT molecular complexity index is 527. The van der Waals surface area contributed by atoms with E-state index in [1.165, 1.54) is 0 Å². The van der Waals surface area contributed by atoms with Crippen LogP contribution in [-0.4, -0.2) is 32.7 Å². The third-order valence-electron chi connectivity index (χ3n) is 3.01. The molecule has 0 N–H and O–H groups in total. The van der Waals surface area contributed by atoms with Crippen molar-refractivity contribution in [3.8, 4) is 0 Å². The van der Waals surface area contributed by atoms with Gasteiger partial charge in [-0.3, -0.25) is 5.21 Å². The van der Waals surface area contributed by atoms with E-state index in [0.29, 0.717) is 27.0 Å². The monoisotopic (exact) mass is 389 g/mol. The summed E-state index contributed by atoms with van der Waals surface area (Å²) in [7, 11) is 0. The number of ether oxygens (including phenoxy) is 1. The maximum atomic E-state index is 12.1. The lowest BCUT2D eigenvalue weighted by Gasteiger charge is -2.35. The van der Waals surface area contributed by atoms with Gasteiger partial charge in [0.15, 0.2) is 6.10 Å². The molecule has 1 aliphatic heterocycles. The number of rotatable bonds is 3. The average Bonchev–Trinajstić information content (AvgIpc) is 2.38. The van der Waals surface area contributed by atoms with Crippen LogP contribution in [-0.2, 0) is 9.57 Å². The number of benzene rings is 1. The molecule has 1 aromatic carbocycles. The highest BCUT2D eigenvalue weighted by Crippen LogP contribution is 2.25. The predicted octanol–water partition coefficient (Wildman–Crippen LogP) is 2.71. The number of nitrogens with zero attached hydrogens (tertiary/aromatic N) is 1. The predicted molar refractivity (Wildman–Crippen MR) is 82.9 cm³/mol. The Morgan fingerprint density at radius 1 is 1.50 bits per heavy atom. The van der Waals surface area contributed by atoms with Crippen LogP contribution < -0.4 is 0 Å². The molecule has 1 aromatic rings. The van der Waals surface area contributed by atoms with Crippen LogP contribution in [0.4, 0.5) is 0 Å². The first kappa shape index (κ1) is 15.1. The molecule has 0 aliphatic carbocycles. The Morgan fingerprint density at radius 2 is 2.15 bits per heavy atom. The van der Waals surface area contributed by atoms with Gasteiger partial charge in [-0.25, -0.2) is 4.79 Å². The molecule has 20 heavy (non-hydrogen) atoms. The van der Waals surface area contributed by atoms with Crippen molar-refractivity contribution in [1.29, 1.82) is 0 Å². The minimum absolute atomic E-state index is 0.425. The van der Waals surface area contributed by atoms with Gasteiger partial charge in [0.1, 0.15) is 0 Å². The highest BCUT2D eigenvalue weighted by Gasteiger charge is 2.39. The SMILES string of the molecule is CC1(C)C[C@H](OC(=O)c2ccccc2)C(CI)=[N+]([O-])O1. The molecule has 0 bridgehead atoms. The molecule has 0 radical (unpaired) electrons. The van der Waals surface area contributed by atoms with Crippen molar-refractivity contribution >= 4 is 34.3 Å². The molecule has 108 valence electrons. The van der Waals surface area contributed by atoms with Crippen LogP contribution in [0.2, 0.25) is 0 Å². The quantitative estimate of drug-likeness (QED) is 0.345. The highest BCUT2D eigenvalue weighted by molar-refractivity contribution is 14.1. The van der Waals surface area contributed by atoms with Crippen molar-refractivity contribution in [3.05, 3.63) is 41.1 Å². The lowest BCUT2D eigenvalue weighted by molar-refractivity contribution is -0.771. The van der Waals surface area contributed by atoms with Gasteiger partial charge in [0.25, 0.3) is 5.71 Å². The zero-order chi connectivity index (χ0) is 14.8. The van der Waals surface area contributed by atoms with Crippen molar-refractivity contribution < 1.29 is 19.3 Å². The zero-order valence-corrected chi connectivity index (χ0v) is 13.5. The summed E-state index contributed by atoms with van der Waals surface area (Å²) in [6, 6.07) is 8.74. The van der Waals surface area contributed by atoms with Gasteiger partial charge in [0, 0.05) is 11.3 Å². The number of halogens is 1. The fourth-order valence-electron chi connectivity index (χ4n) is 2.02. The second kappa shape index (κ2) is 5.99.